The summed E-state index contributed by atoms with van der Waals surface area (Å²) in [5, 5.41) is 8.44. The van der Waals surface area contributed by atoms with Crippen LogP contribution < -0.4 is 9.47 Å². The first kappa shape index (κ1) is 17.8. The van der Waals surface area contributed by atoms with Crippen LogP contribution >= 0.6 is 11.6 Å². The molecule has 0 saturated carbocycles. The second kappa shape index (κ2) is 8.35. The molecule has 0 radical (unpaired) electrons. The number of ether oxygens (including phenoxy) is 2. The smallest absolute Gasteiger partial charge is 0.267 e. The van der Waals surface area contributed by atoms with E-state index in [9.17, 15) is 0 Å². The summed E-state index contributed by atoms with van der Waals surface area (Å²) >= 11 is 5.86. The van der Waals surface area contributed by atoms with Crippen LogP contribution in [0.5, 0.6) is 11.5 Å². The van der Waals surface area contributed by atoms with Crippen molar-refractivity contribution in [2.24, 2.45) is 5.16 Å². The quantitative estimate of drug-likeness (QED) is 0.460. The number of benzene rings is 2. The number of halogens is 1. The van der Waals surface area contributed by atoms with Gasteiger partial charge in [-0.15, -0.1) is 0 Å². The molecule has 2 aromatic carbocycles. The van der Waals surface area contributed by atoms with Gasteiger partial charge in [-0.05, 0) is 42.5 Å². The highest BCUT2D eigenvalue weighted by Gasteiger charge is 2.09. The monoisotopic (exact) mass is 373 g/mol. The first-order valence-corrected chi connectivity index (χ1v) is 8.03. The third kappa shape index (κ3) is 4.31. The number of nitrogens with zero attached hydrogens (tertiary/aromatic N) is 3. The standard InChI is InChI=1S/C18H16ClN3O4/c1-23-15-8-3-12(9-16(15)24-2)10-20-25-11-17-21-18(22-26-17)13-4-6-14(19)7-5-13/h3-10H,11H2,1-2H3/b20-10-. The van der Waals surface area contributed by atoms with Crippen molar-refractivity contribution >= 4 is 17.8 Å². The van der Waals surface area contributed by atoms with Crippen LogP contribution in [0, 0.1) is 0 Å². The van der Waals surface area contributed by atoms with Gasteiger partial charge in [0.15, 0.2) is 18.1 Å². The zero-order chi connectivity index (χ0) is 18.4. The lowest BCUT2D eigenvalue weighted by Gasteiger charge is -2.07. The summed E-state index contributed by atoms with van der Waals surface area (Å²) in [7, 11) is 3.15. The Balaban J connectivity index is 1.58. The van der Waals surface area contributed by atoms with Crippen LogP contribution in [0.15, 0.2) is 52.1 Å². The minimum atomic E-state index is 0.0599. The van der Waals surface area contributed by atoms with Gasteiger partial charge in [0.2, 0.25) is 5.82 Å². The van der Waals surface area contributed by atoms with Crippen molar-refractivity contribution < 1.29 is 18.8 Å². The first-order chi connectivity index (χ1) is 12.7. The number of hydrogen-bond acceptors (Lipinski definition) is 7. The molecule has 26 heavy (non-hydrogen) atoms. The van der Waals surface area contributed by atoms with Gasteiger partial charge in [-0.3, -0.25) is 0 Å². The van der Waals surface area contributed by atoms with Gasteiger partial charge < -0.3 is 18.8 Å². The van der Waals surface area contributed by atoms with Crippen LogP contribution in [0.3, 0.4) is 0 Å². The molecule has 0 aliphatic carbocycles. The van der Waals surface area contributed by atoms with Crippen LogP contribution in [0.25, 0.3) is 11.4 Å². The van der Waals surface area contributed by atoms with Gasteiger partial charge in [0.25, 0.3) is 5.89 Å². The molecule has 0 saturated heterocycles. The third-order valence-electron chi connectivity index (χ3n) is 3.44. The fourth-order valence-corrected chi connectivity index (χ4v) is 2.28. The maximum Gasteiger partial charge on any atom is 0.267 e. The molecule has 134 valence electrons. The van der Waals surface area contributed by atoms with Crippen molar-refractivity contribution in [1.82, 2.24) is 10.1 Å². The van der Waals surface area contributed by atoms with Crippen LogP contribution in [0.1, 0.15) is 11.5 Å². The van der Waals surface area contributed by atoms with Crippen molar-refractivity contribution in [2.75, 3.05) is 14.2 Å². The predicted molar refractivity (Wildman–Crippen MR) is 96.7 cm³/mol. The average Bonchev–Trinajstić information content (AvgIpc) is 3.14. The van der Waals surface area contributed by atoms with E-state index in [1.165, 1.54) is 0 Å². The summed E-state index contributed by atoms with van der Waals surface area (Å²) in [6.07, 6.45) is 1.55. The van der Waals surface area contributed by atoms with E-state index in [2.05, 4.69) is 15.3 Å². The van der Waals surface area contributed by atoms with Crippen LogP contribution in [-0.4, -0.2) is 30.6 Å². The largest absolute Gasteiger partial charge is 0.493 e. The summed E-state index contributed by atoms with van der Waals surface area (Å²) in [6.45, 7) is 0.0599. The van der Waals surface area contributed by atoms with Gasteiger partial charge in [0, 0.05) is 16.1 Å². The molecule has 0 amide bonds. The molecule has 0 bridgehead atoms. The minimum absolute atomic E-state index is 0.0599. The summed E-state index contributed by atoms with van der Waals surface area (Å²) in [5.74, 6) is 2.04. The van der Waals surface area contributed by atoms with E-state index in [1.807, 2.05) is 18.2 Å². The van der Waals surface area contributed by atoms with Crippen molar-refractivity contribution in [2.45, 2.75) is 6.61 Å². The van der Waals surface area contributed by atoms with Crippen LogP contribution in [0.2, 0.25) is 5.02 Å². The van der Waals surface area contributed by atoms with Gasteiger partial charge in [-0.1, -0.05) is 21.9 Å². The highest BCUT2D eigenvalue weighted by molar-refractivity contribution is 6.30. The van der Waals surface area contributed by atoms with Crippen molar-refractivity contribution in [3.63, 3.8) is 0 Å². The first-order valence-electron chi connectivity index (χ1n) is 7.65. The molecule has 8 heteroatoms. The van der Waals surface area contributed by atoms with Gasteiger partial charge in [-0.2, -0.15) is 4.98 Å². The fourth-order valence-electron chi connectivity index (χ4n) is 2.15. The third-order valence-corrected chi connectivity index (χ3v) is 3.69. The Hall–Kier alpha value is -3.06. The molecule has 0 N–H and O–H groups in total. The van der Waals surface area contributed by atoms with Gasteiger partial charge >= 0.3 is 0 Å². The van der Waals surface area contributed by atoms with E-state index in [1.54, 1.807) is 44.7 Å². The van der Waals surface area contributed by atoms with Crippen molar-refractivity contribution in [3.8, 4) is 22.9 Å². The lowest BCUT2D eigenvalue weighted by atomic mass is 10.2. The van der Waals surface area contributed by atoms with Gasteiger partial charge in [-0.25, -0.2) is 0 Å². The van der Waals surface area contributed by atoms with Crippen molar-refractivity contribution in [1.29, 1.82) is 0 Å². The Kier molecular flexibility index (Phi) is 5.70. The number of rotatable bonds is 7. The second-order valence-electron chi connectivity index (χ2n) is 5.14. The van der Waals surface area contributed by atoms with Crippen molar-refractivity contribution in [3.05, 3.63) is 58.9 Å². The molecule has 1 aromatic heterocycles. The maximum absolute atomic E-state index is 5.86. The molecule has 3 rings (SSSR count). The summed E-state index contributed by atoms with van der Waals surface area (Å²) in [5.41, 5.74) is 1.60. The molecule has 0 atom stereocenters. The van der Waals surface area contributed by atoms with E-state index in [-0.39, 0.29) is 6.61 Å². The highest BCUT2D eigenvalue weighted by Crippen LogP contribution is 2.26. The molecular formula is C18H16ClN3O4. The lowest BCUT2D eigenvalue weighted by Crippen LogP contribution is -1.93. The number of aromatic nitrogens is 2. The Morgan fingerprint density at radius 3 is 2.58 bits per heavy atom. The number of hydrogen-bond donors (Lipinski definition) is 0. The Bertz CT molecular complexity index is 894. The second-order valence-corrected chi connectivity index (χ2v) is 5.58. The SMILES string of the molecule is COc1ccc(/C=N\OCc2nc(-c3ccc(Cl)cc3)no2)cc1OC. The zero-order valence-electron chi connectivity index (χ0n) is 14.2. The summed E-state index contributed by atoms with van der Waals surface area (Å²) < 4.78 is 15.6. The molecule has 7 nitrogen and oxygen atoms in total. The topological polar surface area (TPSA) is 79.0 Å². The van der Waals surface area contributed by atoms with E-state index in [4.69, 9.17) is 30.4 Å². The summed E-state index contributed by atoms with van der Waals surface area (Å²) in [4.78, 5) is 9.45. The highest BCUT2D eigenvalue weighted by atomic mass is 35.5. The molecule has 1 heterocycles. The lowest BCUT2D eigenvalue weighted by molar-refractivity contribution is 0.107. The molecule has 0 unspecified atom stereocenters. The Morgan fingerprint density at radius 2 is 1.85 bits per heavy atom. The van der Waals surface area contributed by atoms with E-state index < -0.39 is 0 Å². The number of methoxy groups -OCH3 is 2. The fraction of sp³-hybridized carbons (Fsp3) is 0.167. The van der Waals surface area contributed by atoms with Crippen LogP contribution in [0.4, 0.5) is 0 Å². The number of oxime groups is 1. The Morgan fingerprint density at radius 1 is 1.08 bits per heavy atom. The summed E-state index contributed by atoms with van der Waals surface area (Å²) in [6, 6.07) is 12.6. The minimum Gasteiger partial charge on any atom is -0.493 e. The normalized spacial score (nSPS) is 10.9. The average molecular weight is 374 g/mol. The van der Waals surface area contributed by atoms with Gasteiger partial charge in [0.1, 0.15) is 0 Å². The van der Waals surface area contributed by atoms with E-state index in [0.29, 0.717) is 28.2 Å². The van der Waals surface area contributed by atoms with E-state index >= 15 is 0 Å². The van der Waals surface area contributed by atoms with Gasteiger partial charge in [0.05, 0.1) is 20.4 Å². The zero-order valence-corrected chi connectivity index (χ0v) is 14.9. The molecule has 3 aromatic rings. The predicted octanol–water partition coefficient (Wildman–Crippen LogP) is 3.96. The Labute approximate surface area is 155 Å². The molecule has 0 aliphatic rings. The molecule has 0 aliphatic heterocycles. The van der Waals surface area contributed by atoms with Crippen LogP contribution in [-0.2, 0) is 11.4 Å². The maximum atomic E-state index is 5.86. The van der Waals surface area contributed by atoms with E-state index in [0.717, 1.165) is 11.1 Å². The molecule has 0 spiro atoms. The molecule has 0 fully saturated rings. The molecular weight excluding hydrogens is 358 g/mol.